The zero-order valence-corrected chi connectivity index (χ0v) is 37.0. The number of aldehydes is 1. The van der Waals surface area contributed by atoms with Crippen molar-refractivity contribution in [2.24, 2.45) is 10.8 Å². The van der Waals surface area contributed by atoms with Gasteiger partial charge < -0.3 is 38.7 Å². The summed E-state index contributed by atoms with van der Waals surface area (Å²) in [5.74, 6) is 1.61. The number of esters is 1. The molecule has 0 spiro atoms. The summed E-state index contributed by atoms with van der Waals surface area (Å²) in [4.78, 5) is 57.0. The quantitative estimate of drug-likeness (QED) is 0.0451. The Bertz CT molecular complexity index is 1990. The van der Waals surface area contributed by atoms with Gasteiger partial charge in [0.15, 0.2) is 17.3 Å². The van der Waals surface area contributed by atoms with Crippen LogP contribution >= 0.6 is 31.9 Å². The van der Waals surface area contributed by atoms with Gasteiger partial charge in [-0.1, -0.05) is 31.9 Å². The molecule has 0 saturated carbocycles. The maximum absolute atomic E-state index is 12.8. The Hall–Kier alpha value is -4.89. The maximum Gasteiger partial charge on any atom is 0.313 e. The van der Waals surface area contributed by atoms with Crippen molar-refractivity contribution in [2.45, 2.75) is 60.4 Å². The number of halogens is 2. The van der Waals surface area contributed by atoms with Gasteiger partial charge in [-0.25, -0.2) is 0 Å². The molecule has 1 unspecified atom stereocenters. The first kappa shape index (κ1) is 49.3. The summed E-state index contributed by atoms with van der Waals surface area (Å²) in [6, 6.07) is 25.3. The fourth-order valence-corrected chi connectivity index (χ4v) is 5.67. The third kappa shape index (κ3) is 15.1. The van der Waals surface area contributed by atoms with Crippen LogP contribution in [0.3, 0.4) is 0 Å². The molecule has 12 nitrogen and oxygen atoms in total. The Kier molecular flexibility index (Phi) is 20.0. The van der Waals surface area contributed by atoms with E-state index in [1.54, 1.807) is 83.5 Å². The molecule has 1 atom stereocenters. The van der Waals surface area contributed by atoms with E-state index in [4.69, 9.17) is 28.8 Å². The van der Waals surface area contributed by atoms with E-state index in [0.717, 1.165) is 31.8 Å². The van der Waals surface area contributed by atoms with E-state index in [-0.39, 0.29) is 24.6 Å². The Morgan fingerprint density at radius 2 is 1.10 bits per heavy atom. The molecule has 0 aliphatic rings. The second-order valence-corrected chi connectivity index (χ2v) is 15.7. The minimum absolute atomic E-state index is 0.0332. The molecule has 0 fully saturated rings. The minimum Gasteiger partial charge on any atom is -0.497 e. The highest BCUT2D eigenvalue weighted by atomic mass is 79.9. The van der Waals surface area contributed by atoms with Crippen molar-refractivity contribution in [2.75, 3.05) is 27.9 Å². The number of carbonyl (C=O) groups excluding carboxylic acids is 5. The smallest absolute Gasteiger partial charge is 0.313 e. The number of Topliss-reactive ketones (excluding diaryl/α,β-unsaturated/α-hetero) is 3. The average molecular weight is 931 g/mol. The van der Waals surface area contributed by atoms with E-state index in [2.05, 4.69) is 31.9 Å². The molecule has 0 aliphatic carbocycles. The van der Waals surface area contributed by atoms with E-state index in [1.807, 2.05) is 36.4 Å². The van der Waals surface area contributed by atoms with Crippen LogP contribution in [0.2, 0.25) is 0 Å². The van der Waals surface area contributed by atoms with Gasteiger partial charge in [-0.15, -0.1) is 0 Å². The van der Waals surface area contributed by atoms with Gasteiger partial charge in [0.2, 0.25) is 0 Å². The van der Waals surface area contributed by atoms with Crippen LogP contribution in [-0.4, -0.2) is 73.9 Å². The minimum atomic E-state index is -1.19. The summed E-state index contributed by atoms with van der Waals surface area (Å²) in [6.45, 7) is 7.55. The molecule has 0 saturated heterocycles. The molecule has 4 aromatic carbocycles. The van der Waals surface area contributed by atoms with Gasteiger partial charge >= 0.3 is 5.97 Å². The second-order valence-electron chi connectivity index (χ2n) is 13.9. The maximum atomic E-state index is 12.8. The topological polar surface area (TPSA) is 172 Å². The summed E-state index contributed by atoms with van der Waals surface area (Å²) in [7, 11) is 4.46. The number of ether oxygens (including phenoxy) is 5. The van der Waals surface area contributed by atoms with Crippen molar-refractivity contribution in [3.63, 3.8) is 0 Å². The van der Waals surface area contributed by atoms with E-state index in [1.165, 1.54) is 21.0 Å². The molecule has 0 aliphatic heterocycles. The van der Waals surface area contributed by atoms with Crippen LogP contribution in [-0.2, 0) is 32.3 Å². The highest BCUT2D eigenvalue weighted by molar-refractivity contribution is 9.10. The van der Waals surface area contributed by atoms with E-state index < -0.39 is 35.3 Å². The van der Waals surface area contributed by atoms with Crippen molar-refractivity contribution in [1.29, 1.82) is 0 Å². The Morgan fingerprint density at radius 1 is 0.690 bits per heavy atom. The lowest BCUT2D eigenvalue weighted by Gasteiger charge is -2.27. The number of hydrogen-bond acceptors (Lipinski definition) is 12. The predicted molar refractivity (Wildman–Crippen MR) is 226 cm³/mol. The molecule has 0 bridgehead atoms. The molecule has 58 heavy (non-hydrogen) atoms. The molecule has 0 heterocycles. The molecular weight excluding hydrogens is 880 g/mol. The van der Waals surface area contributed by atoms with Crippen LogP contribution in [0.5, 0.6) is 23.0 Å². The third-order valence-corrected chi connectivity index (χ3v) is 9.79. The number of hydrogen-bond donors (Lipinski definition) is 2. The molecule has 0 aromatic heterocycles. The van der Waals surface area contributed by atoms with E-state index >= 15 is 0 Å². The third-order valence-electron chi connectivity index (χ3n) is 8.80. The number of rotatable bonds is 17. The van der Waals surface area contributed by atoms with Gasteiger partial charge in [0, 0.05) is 37.6 Å². The lowest BCUT2D eigenvalue weighted by molar-refractivity contribution is -0.157. The predicted octanol–water partition coefficient (Wildman–Crippen LogP) is 8.18. The highest BCUT2D eigenvalue weighted by Gasteiger charge is 2.38. The summed E-state index contributed by atoms with van der Waals surface area (Å²) in [6.07, 6.45) is -0.855. The molecular formula is C44H50Br2O12. The van der Waals surface area contributed by atoms with Crippen LogP contribution in [0.4, 0.5) is 0 Å². The van der Waals surface area contributed by atoms with Crippen LogP contribution in [0.25, 0.3) is 0 Å². The molecule has 4 aromatic rings. The fraction of sp³-hybridized carbons (Fsp3) is 0.341. The van der Waals surface area contributed by atoms with Crippen molar-refractivity contribution in [1.82, 2.24) is 0 Å². The molecule has 2 N–H and O–H groups in total. The van der Waals surface area contributed by atoms with Crippen LogP contribution < -0.4 is 18.9 Å². The lowest BCUT2D eigenvalue weighted by Crippen LogP contribution is -2.39. The molecule has 312 valence electrons. The van der Waals surface area contributed by atoms with E-state index in [0.29, 0.717) is 35.3 Å². The zero-order chi connectivity index (χ0) is 43.6. The molecule has 14 heteroatoms. The van der Waals surface area contributed by atoms with Crippen molar-refractivity contribution in [3.8, 4) is 23.0 Å². The van der Waals surface area contributed by atoms with Crippen LogP contribution in [0, 0.1) is 10.8 Å². The van der Waals surface area contributed by atoms with Crippen molar-refractivity contribution in [3.05, 3.63) is 116 Å². The van der Waals surface area contributed by atoms with Gasteiger partial charge in [0.1, 0.15) is 49.1 Å². The fourth-order valence-electron chi connectivity index (χ4n) is 4.85. The SMILES string of the molecule is CC(C)(C=O)C(=O)CO.COC(=O)C(C)(C)C(O)CC(=O)c1ccc(Br)cc1COc1ccc(OC)cc1.COc1ccc(OCc2cc(Br)ccc2C(C)=O)cc1. The normalized spacial score (nSPS) is 11.3. The lowest BCUT2D eigenvalue weighted by atomic mass is 9.83. The standard InChI is InChI=1S/C22H25BrO6.C16H15BrO3.C6H10O3/c1-22(2,21(26)28-4)20(25)12-19(24)18-10-5-15(23)11-14(18)13-29-17-8-6-16(27-3)7-9-17;1-11(18)16-8-3-13(17)9-12(16)10-20-15-6-4-14(19-2)5-7-15;1-6(2,4-8)5(9)3-7/h5-11,20,25H,12-13H2,1-4H3;3-9H,10H2,1-2H3;4,7H,3H2,1-2H3. The number of methoxy groups -OCH3 is 3. The van der Waals surface area contributed by atoms with Gasteiger partial charge in [0.25, 0.3) is 0 Å². The first-order chi connectivity index (χ1) is 27.3. The van der Waals surface area contributed by atoms with Gasteiger partial charge in [-0.2, -0.15) is 0 Å². The monoisotopic (exact) mass is 928 g/mol. The summed E-state index contributed by atoms with van der Waals surface area (Å²) in [5.41, 5.74) is 0.433. The second kappa shape index (κ2) is 23.5. The van der Waals surface area contributed by atoms with Crippen molar-refractivity contribution >= 4 is 61.5 Å². The molecule has 0 amide bonds. The van der Waals surface area contributed by atoms with Gasteiger partial charge in [-0.3, -0.25) is 19.2 Å². The number of benzene rings is 4. The summed E-state index contributed by atoms with van der Waals surface area (Å²) >= 11 is 6.81. The first-order valence-electron chi connectivity index (χ1n) is 17.8. The Labute approximate surface area is 356 Å². The zero-order valence-electron chi connectivity index (χ0n) is 33.8. The van der Waals surface area contributed by atoms with Crippen LogP contribution in [0.15, 0.2) is 93.9 Å². The Balaban J connectivity index is 0.000000344. The van der Waals surface area contributed by atoms with Gasteiger partial charge in [0.05, 0.1) is 38.3 Å². The molecule has 0 radical (unpaired) electrons. The highest BCUT2D eigenvalue weighted by Crippen LogP contribution is 2.28. The molecule has 4 rings (SSSR count). The number of ketones is 3. The van der Waals surface area contributed by atoms with Crippen LogP contribution in [0.1, 0.15) is 72.9 Å². The summed E-state index contributed by atoms with van der Waals surface area (Å²) < 4.78 is 28.2. The number of aliphatic hydroxyl groups excluding tert-OH is 2. The Morgan fingerprint density at radius 3 is 1.47 bits per heavy atom. The number of carbonyl (C=O) groups is 5. The van der Waals surface area contributed by atoms with Gasteiger partial charge in [-0.05, 0) is 120 Å². The van der Waals surface area contributed by atoms with Crippen molar-refractivity contribution < 1.29 is 57.9 Å². The largest absolute Gasteiger partial charge is 0.497 e. The van der Waals surface area contributed by atoms with E-state index in [9.17, 15) is 29.1 Å². The average Bonchev–Trinajstić information content (AvgIpc) is 3.22. The summed E-state index contributed by atoms with van der Waals surface area (Å²) in [5, 5.41) is 18.7. The number of aliphatic hydroxyl groups is 2. The first-order valence-corrected chi connectivity index (χ1v) is 19.4.